The largest absolute Gasteiger partial charge is 0.478 e. The molecular formula is C7H7ClN2O4S. The maximum absolute atomic E-state index is 11.2. The summed E-state index contributed by atoms with van der Waals surface area (Å²) in [6.45, 7) is 0. The molecule has 6 nitrogen and oxygen atoms in total. The van der Waals surface area contributed by atoms with Crippen molar-refractivity contribution in [3.63, 3.8) is 0 Å². The number of hydrogen-bond donors (Lipinski definition) is 3. The van der Waals surface area contributed by atoms with Gasteiger partial charge in [0.2, 0.25) is 0 Å². The molecular weight excluding hydrogens is 244 g/mol. The van der Waals surface area contributed by atoms with Gasteiger partial charge < -0.3 is 5.11 Å². The van der Waals surface area contributed by atoms with Gasteiger partial charge in [0.05, 0.1) is 10.6 Å². The highest BCUT2D eigenvalue weighted by Crippen LogP contribution is 2.22. The second-order valence-electron chi connectivity index (χ2n) is 2.57. The smallest absolute Gasteiger partial charge is 0.335 e. The third-order valence-corrected chi connectivity index (χ3v) is 3.29. The maximum Gasteiger partial charge on any atom is 0.335 e. The van der Waals surface area contributed by atoms with Gasteiger partial charge >= 0.3 is 5.97 Å². The molecule has 0 aliphatic carbocycles. The van der Waals surface area contributed by atoms with Gasteiger partial charge in [-0.3, -0.25) is 5.84 Å². The first-order valence-electron chi connectivity index (χ1n) is 3.64. The molecule has 0 aliphatic rings. The van der Waals surface area contributed by atoms with Gasteiger partial charge in [0.15, 0.2) is 0 Å². The number of benzene rings is 1. The summed E-state index contributed by atoms with van der Waals surface area (Å²) in [7, 11) is -3.87. The Labute approximate surface area is 90.7 Å². The van der Waals surface area contributed by atoms with E-state index in [1.165, 1.54) is 0 Å². The number of halogens is 1. The normalized spacial score (nSPS) is 11.3. The number of nitrogens with two attached hydrogens (primary N) is 1. The van der Waals surface area contributed by atoms with Crippen molar-refractivity contribution >= 4 is 27.6 Å². The lowest BCUT2D eigenvalue weighted by Crippen LogP contribution is -2.30. The van der Waals surface area contributed by atoms with E-state index < -0.39 is 16.0 Å². The van der Waals surface area contributed by atoms with Crippen molar-refractivity contribution in [2.45, 2.75) is 4.90 Å². The van der Waals surface area contributed by atoms with E-state index in [1.807, 2.05) is 0 Å². The zero-order valence-electron chi connectivity index (χ0n) is 7.27. The molecule has 82 valence electrons. The van der Waals surface area contributed by atoms with E-state index in [0.717, 1.165) is 18.2 Å². The van der Waals surface area contributed by atoms with Crippen LogP contribution >= 0.6 is 11.6 Å². The van der Waals surface area contributed by atoms with Gasteiger partial charge in [0, 0.05) is 0 Å². The Morgan fingerprint density at radius 2 is 2.07 bits per heavy atom. The van der Waals surface area contributed by atoms with E-state index in [2.05, 4.69) is 0 Å². The Hall–Kier alpha value is -1.15. The number of sulfonamides is 1. The summed E-state index contributed by atoms with van der Waals surface area (Å²) in [4.78, 5) is 11.9. The minimum Gasteiger partial charge on any atom is -0.478 e. The van der Waals surface area contributed by atoms with E-state index >= 15 is 0 Å². The summed E-state index contributed by atoms with van der Waals surface area (Å²) in [5, 5.41) is 8.41. The molecule has 0 saturated heterocycles. The van der Waals surface area contributed by atoms with E-state index in [4.69, 9.17) is 22.6 Å². The SMILES string of the molecule is NNS(=O)(=O)c1ccc(C(=O)O)cc1Cl. The minimum absolute atomic E-state index is 0.101. The molecule has 0 spiro atoms. The highest BCUT2D eigenvalue weighted by atomic mass is 35.5. The van der Waals surface area contributed by atoms with Gasteiger partial charge in [-0.25, -0.2) is 13.2 Å². The van der Waals surface area contributed by atoms with E-state index in [1.54, 1.807) is 4.83 Å². The Kier molecular flexibility index (Phi) is 3.30. The van der Waals surface area contributed by atoms with Crippen LogP contribution in [0.5, 0.6) is 0 Å². The van der Waals surface area contributed by atoms with Gasteiger partial charge in [0.1, 0.15) is 4.90 Å². The number of nitrogens with one attached hydrogen (secondary N) is 1. The first-order valence-corrected chi connectivity index (χ1v) is 5.50. The number of carboxylic acid groups (broad SMARTS) is 1. The Balaban J connectivity index is 3.32. The first kappa shape index (κ1) is 11.9. The molecule has 0 bridgehead atoms. The Bertz CT molecular complexity index is 500. The second kappa shape index (κ2) is 4.15. The number of carboxylic acids is 1. The zero-order chi connectivity index (χ0) is 11.6. The van der Waals surface area contributed by atoms with Crippen LogP contribution in [0.2, 0.25) is 5.02 Å². The molecule has 0 amide bonds. The summed E-state index contributed by atoms with van der Waals surface area (Å²) in [6.07, 6.45) is 0. The lowest BCUT2D eigenvalue weighted by Gasteiger charge is -2.04. The average Bonchev–Trinajstić information content (AvgIpc) is 2.17. The fourth-order valence-corrected chi connectivity index (χ4v) is 2.09. The van der Waals surface area contributed by atoms with Crippen LogP contribution in [-0.2, 0) is 10.0 Å². The van der Waals surface area contributed by atoms with Crippen molar-refractivity contribution in [3.05, 3.63) is 28.8 Å². The van der Waals surface area contributed by atoms with Gasteiger partial charge in [-0.2, -0.15) is 4.83 Å². The molecule has 1 aromatic rings. The number of rotatable bonds is 3. The van der Waals surface area contributed by atoms with Crippen LogP contribution in [0.1, 0.15) is 10.4 Å². The zero-order valence-corrected chi connectivity index (χ0v) is 8.84. The van der Waals surface area contributed by atoms with Crippen molar-refractivity contribution in [1.29, 1.82) is 0 Å². The molecule has 0 aliphatic heterocycles. The van der Waals surface area contributed by atoms with Gasteiger partial charge in [-0.1, -0.05) is 11.6 Å². The van der Waals surface area contributed by atoms with Crippen LogP contribution in [0.4, 0.5) is 0 Å². The summed E-state index contributed by atoms with van der Waals surface area (Å²) < 4.78 is 22.5. The molecule has 0 fully saturated rings. The van der Waals surface area contributed by atoms with Crippen LogP contribution in [0.25, 0.3) is 0 Å². The molecule has 4 N–H and O–H groups in total. The maximum atomic E-state index is 11.2. The highest BCUT2D eigenvalue weighted by Gasteiger charge is 2.17. The van der Waals surface area contributed by atoms with E-state index in [0.29, 0.717) is 0 Å². The predicted octanol–water partition coefficient (Wildman–Crippen LogP) is 0.190. The average molecular weight is 251 g/mol. The van der Waals surface area contributed by atoms with Crippen LogP contribution in [-0.4, -0.2) is 19.5 Å². The Morgan fingerprint density at radius 1 is 1.47 bits per heavy atom. The summed E-state index contributed by atoms with van der Waals surface area (Å²) in [5.41, 5.74) is -0.101. The van der Waals surface area contributed by atoms with Gasteiger partial charge in [-0.15, -0.1) is 0 Å². The fraction of sp³-hybridized carbons (Fsp3) is 0. The molecule has 1 rings (SSSR count). The quantitative estimate of drug-likeness (QED) is 0.524. The molecule has 0 heterocycles. The minimum atomic E-state index is -3.87. The number of aromatic carboxylic acids is 1. The van der Waals surface area contributed by atoms with E-state index in [-0.39, 0.29) is 15.5 Å². The molecule has 0 saturated carbocycles. The molecule has 15 heavy (non-hydrogen) atoms. The molecule has 0 radical (unpaired) electrons. The van der Waals surface area contributed by atoms with Crippen molar-refractivity contribution in [3.8, 4) is 0 Å². The monoisotopic (exact) mass is 250 g/mol. The topological polar surface area (TPSA) is 109 Å². The third kappa shape index (κ3) is 2.45. The third-order valence-electron chi connectivity index (χ3n) is 1.62. The van der Waals surface area contributed by atoms with Crippen molar-refractivity contribution in [1.82, 2.24) is 4.83 Å². The lowest BCUT2D eigenvalue weighted by atomic mass is 10.2. The summed E-state index contributed by atoms with van der Waals surface area (Å²) in [6, 6.07) is 3.23. The van der Waals surface area contributed by atoms with Crippen LogP contribution in [0, 0.1) is 0 Å². The summed E-state index contributed by atoms with van der Waals surface area (Å²) in [5.74, 6) is 3.60. The predicted molar refractivity (Wildman–Crippen MR) is 52.9 cm³/mol. The first-order chi connectivity index (χ1) is 6.88. The van der Waals surface area contributed by atoms with Crippen molar-refractivity contribution in [2.75, 3.05) is 0 Å². The lowest BCUT2D eigenvalue weighted by molar-refractivity contribution is 0.0697. The molecule has 8 heteroatoms. The highest BCUT2D eigenvalue weighted by molar-refractivity contribution is 7.89. The van der Waals surface area contributed by atoms with Gasteiger partial charge in [0.25, 0.3) is 10.0 Å². The molecule has 0 atom stereocenters. The standard InChI is InChI=1S/C7H7ClN2O4S/c8-5-3-4(7(11)12)1-2-6(5)15(13,14)10-9/h1-3,10H,9H2,(H,11,12). The van der Waals surface area contributed by atoms with E-state index in [9.17, 15) is 13.2 Å². The van der Waals surface area contributed by atoms with Crippen LogP contribution < -0.4 is 10.7 Å². The molecule has 0 unspecified atom stereocenters. The number of hydrazine groups is 1. The Morgan fingerprint density at radius 3 is 2.47 bits per heavy atom. The molecule has 1 aromatic carbocycles. The summed E-state index contributed by atoms with van der Waals surface area (Å²) >= 11 is 5.60. The van der Waals surface area contributed by atoms with Crippen LogP contribution in [0.3, 0.4) is 0 Å². The fourth-order valence-electron chi connectivity index (χ4n) is 0.915. The van der Waals surface area contributed by atoms with Crippen molar-refractivity contribution in [2.24, 2.45) is 5.84 Å². The number of carbonyl (C=O) groups is 1. The number of hydrogen-bond acceptors (Lipinski definition) is 4. The van der Waals surface area contributed by atoms with Crippen molar-refractivity contribution < 1.29 is 18.3 Å². The van der Waals surface area contributed by atoms with Gasteiger partial charge in [-0.05, 0) is 18.2 Å². The second-order valence-corrected chi connectivity index (χ2v) is 4.66. The molecule has 0 aromatic heterocycles. The van der Waals surface area contributed by atoms with Crippen LogP contribution in [0.15, 0.2) is 23.1 Å².